The van der Waals surface area contributed by atoms with Gasteiger partial charge in [-0.15, -0.1) is 0 Å². The van der Waals surface area contributed by atoms with Gasteiger partial charge in [0.05, 0.1) is 52.9 Å². The van der Waals surface area contributed by atoms with Crippen LogP contribution >= 0.6 is 0 Å². The molecule has 0 spiro atoms. The van der Waals surface area contributed by atoms with Crippen LogP contribution in [0, 0.1) is 0 Å². The van der Waals surface area contributed by atoms with Gasteiger partial charge < -0.3 is 208 Å². The number of hydrogen-bond acceptors (Lipinski definition) is 44. The van der Waals surface area contributed by atoms with Crippen LogP contribution in [0.3, 0.4) is 0 Å². The monoisotopic (exact) mass is 1740 g/mol. The Morgan fingerprint density at radius 3 is 1.11 bits per heavy atom. The number of carbonyl (C=O) groups is 1. The highest BCUT2D eigenvalue weighted by molar-refractivity contribution is 5.92. The summed E-state index contributed by atoms with van der Waals surface area (Å²) >= 11 is 0. The largest absolute Gasteiger partial charge is 0.504 e. The van der Waals surface area contributed by atoms with Gasteiger partial charge in [0.25, 0.3) is 0 Å². The molecule has 11 rings (SSSR count). The van der Waals surface area contributed by atoms with E-state index in [4.69, 9.17) is 84.9 Å². The van der Waals surface area contributed by atoms with E-state index in [-0.39, 0.29) is 24.2 Å². The minimum atomic E-state index is -2.33. The molecule has 121 heavy (non-hydrogen) atoms. The number of phenols is 1. The van der Waals surface area contributed by atoms with Gasteiger partial charge in [-0.25, -0.2) is 0 Å². The van der Waals surface area contributed by atoms with Crippen molar-refractivity contribution in [2.24, 2.45) is 0 Å². The lowest BCUT2D eigenvalue weighted by atomic mass is 9.96. The normalized spacial score (nSPS) is 39.6. The SMILES string of the molecule is CCCCCCCCC=CCCCCCCCC(=O)Oc1c(O[C@@H]2O[C@H](CO)[C@@H](O)[C@H](O)[C@H]2O[C@@H]2O[C@H](CO)[C@@H](O)[C@H](O)[C@H]2O[C@@H]2O[C@H](CO)[C@@H](O)[C@H](O)[C@H]2O[C@@H]2O[C@H](CO)[C@@H](O)[C@H](O)[C@H]2O)cc2oc(-c3ccc(O[C@H]4O[C@@H](CO)[C@H](O)[C@H]4O[C@H]4O[C@@H](CO)[C@H](O)[C@H]4O[C@H]4O[C@@H](CO)[C@H](O)[C@H]4O[C@H]4O[C@@H](CO)[C@H](O)[C@H]4O)cc3)c(O)c(=O)c2c1O. The number of phenolic OH excluding ortho intramolecular Hbond substituents is 1. The summed E-state index contributed by atoms with van der Waals surface area (Å²) < 4.78 is 106. The molecule has 0 aliphatic carbocycles. The third-order valence-corrected chi connectivity index (χ3v) is 22.5. The maximum Gasteiger partial charge on any atom is 0.311 e. The lowest BCUT2D eigenvalue weighted by Gasteiger charge is -2.49. The number of rotatable bonds is 41. The molecule has 1 aromatic heterocycles. The summed E-state index contributed by atoms with van der Waals surface area (Å²) in [5.41, 5.74) is -2.16. The van der Waals surface area contributed by atoms with E-state index in [1.165, 1.54) is 56.4 Å². The first-order valence-electron chi connectivity index (χ1n) is 40.5. The highest BCUT2D eigenvalue weighted by Crippen LogP contribution is 2.47. The first-order valence-corrected chi connectivity index (χ1v) is 40.5. The van der Waals surface area contributed by atoms with Crippen molar-refractivity contribution in [3.8, 4) is 40.1 Å². The fourth-order valence-electron chi connectivity index (χ4n) is 15.4. The smallest absolute Gasteiger partial charge is 0.311 e. The Hall–Kier alpha value is -5.38. The molecule has 8 aliphatic heterocycles. The summed E-state index contributed by atoms with van der Waals surface area (Å²) in [6.45, 7) is -5.32. The third kappa shape index (κ3) is 21.9. The van der Waals surface area contributed by atoms with Crippen molar-refractivity contribution >= 4 is 16.9 Å². The van der Waals surface area contributed by atoms with Crippen molar-refractivity contribution in [2.45, 2.75) is 318 Å². The molecule has 0 bridgehead atoms. The molecule has 0 amide bonds. The second-order valence-electron chi connectivity index (χ2n) is 30.9. The maximum atomic E-state index is 14.6. The molecule has 24 N–H and O–H groups in total. The summed E-state index contributed by atoms with van der Waals surface area (Å²) in [4.78, 5) is 28.7. The number of esters is 1. The van der Waals surface area contributed by atoms with Crippen LogP contribution in [0.25, 0.3) is 22.3 Å². The van der Waals surface area contributed by atoms with Crippen LogP contribution in [-0.4, -0.2) is 403 Å². The van der Waals surface area contributed by atoms with E-state index in [9.17, 15) is 132 Å². The minimum absolute atomic E-state index is 0.130. The molecule has 3 aromatic rings. The van der Waals surface area contributed by atoms with E-state index in [2.05, 4.69) is 19.1 Å². The molecule has 686 valence electrons. The average Bonchev–Trinajstić information content (AvgIpc) is 1.25. The summed E-state index contributed by atoms with van der Waals surface area (Å²) in [5, 5.41) is 261. The van der Waals surface area contributed by atoms with Gasteiger partial charge >= 0.3 is 5.97 Å². The Morgan fingerprint density at radius 1 is 0.364 bits per heavy atom. The number of aliphatic hydroxyl groups is 22. The molecule has 0 saturated carbocycles. The molecule has 8 aliphatic rings. The van der Waals surface area contributed by atoms with Crippen LogP contribution in [0.15, 0.2) is 51.7 Å². The molecule has 44 nitrogen and oxygen atoms in total. The van der Waals surface area contributed by atoms with Gasteiger partial charge in [-0.2, -0.15) is 0 Å². The van der Waals surface area contributed by atoms with Crippen molar-refractivity contribution in [3.05, 3.63) is 52.7 Å². The van der Waals surface area contributed by atoms with Crippen LogP contribution in [0.1, 0.15) is 96.8 Å². The van der Waals surface area contributed by atoms with E-state index in [1.54, 1.807) is 0 Å². The topological polar surface area (TPSA) is 690 Å². The number of allylic oxidation sites excluding steroid dienone is 2. The molecule has 2 aromatic carbocycles. The molecule has 8 fully saturated rings. The standard InChI is InChI=1S/C77H114O44/c1-2-3-4-5-6-7-8-9-10-11-12-13-14-15-16-17-43(86)115-63-34(106-73-67(56(98)46(88)36(24-79)109-73)120-77-69(58(100)48(90)38(26-81)111-77)121-76-68(57(99)47(89)37(25-80)110-76)117-71-61(103)55(97)45(87)35(23-78)107-71)22-33-44(54(63)96)53(95)59(101)62(105-33)31-18-20-32(21-19-31)104-72-64(50(92)40(28-83)112-72)118-75-66(52(94)42(30-85)114-75)119-74-65(51(93)41(29-84)113-74)116-70-60(102)49(91)39(27-82)108-70/h9-10,18-22,35-42,45-52,55-58,60-61,64-85,87-94,96-103H,2-8,11-17,23-30H2,1H3/t35-,36-,37-,38-,39+,40+,41+,42+,45-,46-,47-,48-,49+,50+,51+,52+,55+,56+,57+,58+,60-,61-,64-,65-,66-,67-,68-,69-,70-,71+,72+,73-,74-,75-,76+,77+/m1/s1. The van der Waals surface area contributed by atoms with Crippen LogP contribution < -0.4 is 19.6 Å². The van der Waals surface area contributed by atoms with E-state index in [0.29, 0.717) is 12.8 Å². The zero-order chi connectivity index (χ0) is 87.4. The van der Waals surface area contributed by atoms with Crippen molar-refractivity contribution in [2.75, 3.05) is 52.9 Å². The van der Waals surface area contributed by atoms with Gasteiger partial charge in [-0.3, -0.25) is 9.59 Å². The Morgan fingerprint density at radius 2 is 0.686 bits per heavy atom. The maximum absolute atomic E-state index is 14.6. The van der Waals surface area contributed by atoms with Crippen LogP contribution in [0.4, 0.5) is 0 Å². The first kappa shape index (κ1) is 96.3. The zero-order valence-corrected chi connectivity index (χ0v) is 65.8. The Kier molecular flexibility index (Phi) is 35.3. The molecule has 44 heteroatoms. The number of fused-ring (bicyclic) bond motifs is 1. The van der Waals surface area contributed by atoms with E-state index >= 15 is 0 Å². The Bertz CT molecular complexity index is 3770. The highest BCUT2D eigenvalue weighted by Gasteiger charge is 2.60. The predicted octanol–water partition coefficient (Wildman–Crippen LogP) is -7.33. The number of benzene rings is 2. The molecule has 0 unspecified atom stereocenters. The van der Waals surface area contributed by atoms with Crippen molar-refractivity contribution in [3.63, 3.8) is 0 Å². The molecule has 8 saturated heterocycles. The summed E-state index contributed by atoms with van der Waals surface area (Å²) in [6, 6.07) is 5.75. The molecule has 0 radical (unpaired) electrons. The lowest BCUT2D eigenvalue weighted by molar-refractivity contribution is -0.404. The first-order chi connectivity index (χ1) is 58.1. The van der Waals surface area contributed by atoms with Gasteiger partial charge in [0, 0.05) is 18.1 Å². The third-order valence-electron chi connectivity index (χ3n) is 22.5. The van der Waals surface area contributed by atoms with Crippen LogP contribution in [0.5, 0.6) is 28.7 Å². The van der Waals surface area contributed by atoms with Gasteiger partial charge in [0.15, 0.2) is 67.2 Å². The van der Waals surface area contributed by atoms with Gasteiger partial charge in [-0.1, -0.05) is 70.4 Å². The quantitative estimate of drug-likeness (QED) is 0.0109. The minimum Gasteiger partial charge on any atom is -0.504 e. The predicted molar refractivity (Wildman–Crippen MR) is 397 cm³/mol. The lowest BCUT2D eigenvalue weighted by Crippen LogP contribution is -2.68. The van der Waals surface area contributed by atoms with E-state index in [1.807, 2.05) is 0 Å². The summed E-state index contributed by atoms with van der Waals surface area (Å²) in [7, 11) is 0. The van der Waals surface area contributed by atoms with Crippen molar-refractivity contribution < 1.29 is 212 Å². The summed E-state index contributed by atoms with van der Waals surface area (Å²) in [5.74, 6) is -5.97. The molecule has 36 atom stereocenters. The van der Waals surface area contributed by atoms with Crippen molar-refractivity contribution in [1.29, 1.82) is 0 Å². The fourth-order valence-corrected chi connectivity index (χ4v) is 15.4. The summed E-state index contributed by atoms with van der Waals surface area (Å²) in [6.07, 6.45) is -52.3. The number of unbranched alkanes of at least 4 members (excludes halogenated alkanes) is 11. The van der Waals surface area contributed by atoms with Gasteiger partial charge in [0.1, 0.15) is 175 Å². The number of ether oxygens (including phenoxy) is 17. The van der Waals surface area contributed by atoms with E-state index in [0.717, 1.165) is 38.2 Å². The number of carbonyl (C=O) groups excluding carboxylic acids is 1. The number of aliphatic hydroxyl groups excluding tert-OH is 22. The molecular weight excluding hydrogens is 1630 g/mol. The Labute approximate surface area is 690 Å². The Balaban J connectivity index is 0.867. The molecule has 9 heterocycles. The average molecular weight is 1740 g/mol. The van der Waals surface area contributed by atoms with Crippen molar-refractivity contribution in [1.82, 2.24) is 0 Å². The number of hydrogen-bond donors (Lipinski definition) is 24. The van der Waals surface area contributed by atoms with Crippen LogP contribution in [0.2, 0.25) is 0 Å². The van der Waals surface area contributed by atoms with Crippen LogP contribution in [-0.2, 0) is 71.1 Å². The second kappa shape index (κ2) is 44.4. The zero-order valence-electron chi connectivity index (χ0n) is 65.8. The van der Waals surface area contributed by atoms with Gasteiger partial charge in [-0.05, 0) is 56.4 Å². The highest BCUT2D eigenvalue weighted by atomic mass is 16.8. The molecular formula is C77H114O44. The van der Waals surface area contributed by atoms with E-state index < -0.39 is 325 Å². The fraction of sp³-hybridized carbons (Fsp3) is 0.766. The number of aromatic hydroxyl groups is 2. The second-order valence-corrected chi connectivity index (χ2v) is 30.9. The van der Waals surface area contributed by atoms with Gasteiger partial charge in [0.2, 0.25) is 29.5 Å².